The number of anilines is 2. The molecule has 3 aromatic carbocycles. The van der Waals surface area contributed by atoms with Crippen molar-refractivity contribution in [3.63, 3.8) is 0 Å². The second kappa shape index (κ2) is 9.94. The molecule has 0 N–H and O–H groups in total. The summed E-state index contributed by atoms with van der Waals surface area (Å²) >= 11 is 0. The average molecular weight is 444 g/mol. The Labute approximate surface area is 201 Å². The lowest BCUT2D eigenvalue weighted by atomic mass is 9.85. The van der Waals surface area contributed by atoms with Gasteiger partial charge in [-0.1, -0.05) is 66.7 Å². The number of hydrogen-bond donors (Lipinski definition) is 0. The molecular weight excluding hydrogens is 418 g/mol. The van der Waals surface area contributed by atoms with Crippen LogP contribution in [-0.4, -0.2) is 7.05 Å². The second-order valence-corrected chi connectivity index (χ2v) is 8.34. The van der Waals surface area contributed by atoms with E-state index in [9.17, 15) is 5.26 Å². The van der Waals surface area contributed by atoms with Crippen molar-refractivity contribution in [1.82, 2.24) is 0 Å². The van der Waals surface area contributed by atoms with Crippen LogP contribution >= 0.6 is 0 Å². The maximum absolute atomic E-state index is 9.45. The number of para-hydroxylation sites is 1. The van der Waals surface area contributed by atoms with Crippen molar-refractivity contribution in [3.05, 3.63) is 137 Å². The topological polar surface area (TPSA) is 40.6 Å². The highest BCUT2D eigenvalue weighted by Crippen LogP contribution is 2.40. The maximum Gasteiger partial charge on any atom is 0.265 e. The summed E-state index contributed by atoms with van der Waals surface area (Å²) in [6, 6.07) is 30.4. The molecule has 1 unspecified atom stereocenters. The Hall–Kier alpha value is -4.54. The SMILES string of the molecule is [C-]#[N+]/C(C#N)=C1C=C(/C=C/c2ccc(N(C)c3ccccc3)cc2)OC(C)(c2ccccc2)C\1. The quantitative estimate of drug-likeness (QED) is 0.305. The first-order chi connectivity index (χ1) is 16.5. The Morgan fingerprint density at radius 3 is 2.21 bits per heavy atom. The number of allylic oxidation sites excluding steroid dienone is 3. The van der Waals surface area contributed by atoms with E-state index in [0.29, 0.717) is 17.8 Å². The second-order valence-electron chi connectivity index (χ2n) is 8.34. The van der Waals surface area contributed by atoms with E-state index >= 15 is 0 Å². The largest absolute Gasteiger partial charge is 0.483 e. The Morgan fingerprint density at radius 2 is 1.59 bits per heavy atom. The summed E-state index contributed by atoms with van der Waals surface area (Å²) in [6.45, 7) is 9.40. The van der Waals surface area contributed by atoms with Gasteiger partial charge in [0.25, 0.3) is 5.70 Å². The van der Waals surface area contributed by atoms with Crippen molar-refractivity contribution >= 4 is 17.5 Å². The third-order valence-electron chi connectivity index (χ3n) is 5.96. The van der Waals surface area contributed by atoms with Gasteiger partial charge in [-0.15, -0.1) is 0 Å². The first-order valence-corrected chi connectivity index (χ1v) is 11.1. The molecule has 4 nitrogen and oxygen atoms in total. The predicted octanol–water partition coefficient (Wildman–Crippen LogP) is 7.38. The van der Waals surface area contributed by atoms with Gasteiger partial charge in [0.1, 0.15) is 11.4 Å². The van der Waals surface area contributed by atoms with Crippen LogP contribution in [0.25, 0.3) is 10.9 Å². The van der Waals surface area contributed by atoms with Gasteiger partial charge in [-0.2, -0.15) is 0 Å². The van der Waals surface area contributed by atoms with Crippen LogP contribution in [0.2, 0.25) is 0 Å². The van der Waals surface area contributed by atoms with E-state index in [1.54, 1.807) is 6.08 Å². The van der Waals surface area contributed by atoms with Crippen LogP contribution < -0.4 is 4.90 Å². The molecule has 4 rings (SSSR count). The van der Waals surface area contributed by atoms with Crippen molar-refractivity contribution in [2.45, 2.75) is 18.9 Å². The van der Waals surface area contributed by atoms with Crippen LogP contribution in [0.15, 0.2) is 114 Å². The minimum Gasteiger partial charge on any atom is -0.483 e. The minimum absolute atomic E-state index is 0.102. The molecule has 1 aliphatic heterocycles. The lowest BCUT2D eigenvalue weighted by molar-refractivity contribution is 0.0143. The van der Waals surface area contributed by atoms with Gasteiger partial charge in [0, 0.05) is 24.8 Å². The van der Waals surface area contributed by atoms with Gasteiger partial charge in [-0.25, -0.2) is 10.1 Å². The molecule has 0 spiro atoms. The molecule has 1 heterocycles. The van der Waals surface area contributed by atoms with Crippen LogP contribution in [0.5, 0.6) is 0 Å². The summed E-state index contributed by atoms with van der Waals surface area (Å²) in [7, 11) is 2.04. The number of rotatable bonds is 5. The summed E-state index contributed by atoms with van der Waals surface area (Å²) < 4.78 is 6.39. The highest BCUT2D eigenvalue weighted by Gasteiger charge is 2.34. The van der Waals surface area contributed by atoms with Gasteiger partial charge in [0.05, 0.1) is 12.6 Å². The molecule has 0 bridgehead atoms. The van der Waals surface area contributed by atoms with Crippen LogP contribution in [0.3, 0.4) is 0 Å². The van der Waals surface area contributed by atoms with Crippen LogP contribution in [0.1, 0.15) is 24.5 Å². The standard InChI is InChI=1S/C30H25N3O/c1-30(25-10-6-4-7-11-25)21-24(29(22-31)32-2)20-28(34-30)19-16-23-14-17-27(18-15-23)33(3)26-12-8-5-9-13-26/h4-20H,21H2,1,3H3/b19-16+,29-24+. The van der Waals surface area contributed by atoms with Gasteiger partial charge >= 0.3 is 0 Å². The predicted molar refractivity (Wildman–Crippen MR) is 137 cm³/mol. The van der Waals surface area contributed by atoms with E-state index in [2.05, 4.69) is 46.1 Å². The first-order valence-electron chi connectivity index (χ1n) is 11.1. The van der Waals surface area contributed by atoms with E-state index in [4.69, 9.17) is 11.3 Å². The van der Waals surface area contributed by atoms with Crippen molar-refractivity contribution in [2.24, 2.45) is 0 Å². The zero-order valence-corrected chi connectivity index (χ0v) is 19.3. The van der Waals surface area contributed by atoms with Crippen molar-refractivity contribution in [3.8, 4) is 6.07 Å². The molecule has 0 radical (unpaired) electrons. The maximum atomic E-state index is 9.45. The van der Waals surface area contributed by atoms with Crippen LogP contribution in [0.4, 0.5) is 11.4 Å². The van der Waals surface area contributed by atoms with Gasteiger partial charge < -0.3 is 9.64 Å². The van der Waals surface area contributed by atoms with Gasteiger partial charge in [-0.05, 0) is 60.0 Å². The minimum atomic E-state index is -0.667. The van der Waals surface area contributed by atoms with Crippen LogP contribution in [0, 0.1) is 17.9 Å². The van der Waals surface area contributed by atoms with Crippen LogP contribution in [-0.2, 0) is 10.3 Å². The molecule has 34 heavy (non-hydrogen) atoms. The molecule has 0 fully saturated rings. The van der Waals surface area contributed by atoms with E-state index in [1.165, 1.54) is 0 Å². The van der Waals surface area contributed by atoms with Crippen molar-refractivity contribution in [2.75, 3.05) is 11.9 Å². The molecule has 0 saturated carbocycles. The molecule has 166 valence electrons. The van der Waals surface area contributed by atoms with E-state index in [1.807, 2.05) is 80.7 Å². The fourth-order valence-electron chi connectivity index (χ4n) is 4.05. The number of nitriles is 1. The Morgan fingerprint density at radius 1 is 0.971 bits per heavy atom. The summed E-state index contributed by atoms with van der Waals surface area (Å²) in [5, 5.41) is 9.45. The zero-order chi connectivity index (χ0) is 24.0. The molecule has 0 aromatic heterocycles. The summed E-state index contributed by atoms with van der Waals surface area (Å²) in [6.07, 6.45) is 6.14. The van der Waals surface area contributed by atoms with Gasteiger partial charge in [0.2, 0.25) is 0 Å². The molecule has 4 heteroatoms. The zero-order valence-electron chi connectivity index (χ0n) is 19.3. The molecule has 3 aromatic rings. The smallest absolute Gasteiger partial charge is 0.265 e. The third-order valence-corrected chi connectivity index (χ3v) is 5.96. The number of nitrogens with zero attached hydrogens (tertiary/aromatic N) is 3. The number of hydrogen-bond acceptors (Lipinski definition) is 3. The average Bonchev–Trinajstić information content (AvgIpc) is 2.89. The summed E-state index contributed by atoms with van der Waals surface area (Å²) in [5.41, 5.74) is 4.37. The summed E-state index contributed by atoms with van der Waals surface area (Å²) in [5.74, 6) is 0.620. The lowest BCUT2D eigenvalue weighted by Crippen LogP contribution is -2.29. The molecule has 1 aliphatic rings. The monoisotopic (exact) mass is 443 g/mol. The normalized spacial score (nSPS) is 18.9. The number of benzene rings is 3. The molecule has 1 atom stereocenters. The Balaban J connectivity index is 1.60. The highest BCUT2D eigenvalue weighted by molar-refractivity contribution is 5.65. The number of ether oxygens (including phenoxy) is 1. The highest BCUT2D eigenvalue weighted by atomic mass is 16.5. The van der Waals surface area contributed by atoms with E-state index in [0.717, 1.165) is 22.5 Å². The van der Waals surface area contributed by atoms with Gasteiger partial charge in [0.15, 0.2) is 0 Å². The first kappa shape index (κ1) is 22.6. The Bertz CT molecular complexity index is 1310. The molecule has 0 saturated heterocycles. The molecule has 0 aliphatic carbocycles. The van der Waals surface area contributed by atoms with Crippen molar-refractivity contribution in [1.29, 1.82) is 5.26 Å². The van der Waals surface area contributed by atoms with Crippen molar-refractivity contribution < 1.29 is 4.74 Å². The fourth-order valence-corrected chi connectivity index (χ4v) is 4.05. The third kappa shape index (κ3) is 4.93. The molecular formula is C30H25N3O. The Kier molecular flexibility index (Phi) is 6.62. The van der Waals surface area contributed by atoms with Gasteiger partial charge in [-0.3, -0.25) is 0 Å². The lowest BCUT2D eigenvalue weighted by Gasteiger charge is -2.36. The molecule has 0 amide bonds. The fraction of sp³-hybridized carbons (Fsp3) is 0.133. The summed E-state index contributed by atoms with van der Waals surface area (Å²) in [4.78, 5) is 5.57. The van der Waals surface area contributed by atoms with E-state index < -0.39 is 5.60 Å². The van der Waals surface area contributed by atoms with E-state index in [-0.39, 0.29) is 5.70 Å².